The second-order valence-corrected chi connectivity index (χ2v) is 8.12. The fourth-order valence-corrected chi connectivity index (χ4v) is 3.70. The van der Waals surface area contributed by atoms with Crippen molar-refractivity contribution in [1.82, 2.24) is 24.4 Å². The highest BCUT2D eigenvalue weighted by Gasteiger charge is 2.39. The van der Waals surface area contributed by atoms with Gasteiger partial charge in [0.1, 0.15) is 5.69 Å². The zero-order valence-corrected chi connectivity index (χ0v) is 19.1. The van der Waals surface area contributed by atoms with Gasteiger partial charge in [-0.05, 0) is 25.0 Å². The van der Waals surface area contributed by atoms with Crippen molar-refractivity contribution < 1.29 is 41.0 Å². The largest absolute Gasteiger partial charge is 0.490 e. The van der Waals surface area contributed by atoms with Crippen LogP contribution in [-0.4, -0.2) is 59.6 Å². The molecule has 1 fully saturated rings. The number of carbonyl (C=O) groups excluding carboxylic acids is 1. The second-order valence-electron chi connectivity index (χ2n) is 8.12. The van der Waals surface area contributed by atoms with Crippen LogP contribution in [0, 0.1) is 0 Å². The van der Waals surface area contributed by atoms with Crippen LogP contribution >= 0.6 is 0 Å². The van der Waals surface area contributed by atoms with Gasteiger partial charge in [0.2, 0.25) is 5.95 Å². The molecule has 0 radical (unpaired) electrons. The lowest BCUT2D eigenvalue weighted by atomic mass is 9.91. The Bertz CT molecular complexity index is 1270. The van der Waals surface area contributed by atoms with Gasteiger partial charge < -0.3 is 21.5 Å². The Hall–Kier alpha value is -3.89. The Morgan fingerprint density at radius 3 is 2.35 bits per heavy atom. The molecule has 0 aliphatic heterocycles. The Balaban J connectivity index is 0.000000479. The van der Waals surface area contributed by atoms with E-state index in [1.165, 1.54) is 16.8 Å². The number of anilines is 2. The maximum absolute atomic E-state index is 13.2. The SMILES string of the molecule is Cn1ncc(NC(=O)c2ccc3cnc(N[C@@H]4CCCC[C@@H]4N)nn23)c1C(F)(F)F.O=C(O)C(F)(F)F. The van der Waals surface area contributed by atoms with Gasteiger partial charge in [0.05, 0.1) is 23.6 Å². The molecule has 11 nitrogen and oxygen atoms in total. The summed E-state index contributed by atoms with van der Waals surface area (Å²) in [5, 5.41) is 20.5. The first-order valence-corrected chi connectivity index (χ1v) is 10.8. The third kappa shape index (κ3) is 6.66. The monoisotopic (exact) mass is 536 g/mol. The van der Waals surface area contributed by atoms with E-state index in [0.717, 1.165) is 38.9 Å². The highest BCUT2D eigenvalue weighted by molar-refractivity contribution is 6.04. The molecule has 0 saturated heterocycles. The number of halogens is 6. The van der Waals surface area contributed by atoms with E-state index in [-0.39, 0.29) is 17.8 Å². The Morgan fingerprint density at radius 2 is 1.76 bits per heavy atom. The zero-order valence-electron chi connectivity index (χ0n) is 19.1. The van der Waals surface area contributed by atoms with Crippen LogP contribution in [0.1, 0.15) is 41.9 Å². The topological polar surface area (TPSA) is 152 Å². The minimum Gasteiger partial charge on any atom is -0.475 e. The molecule has 1 saturated carbocycles. The highest BCUT2D eigenvalue weighted by atomic mass is 19.4. The van der Waals surface area contributed by atoms with E-state index in [4.69, 9.17) is 15.6 Å². The van der Waals surface area contributed by atoms with Crippen LogP contribution in [0.5, 0.6) is 0 Å². The van der Waals surface area contributed by atoms with Crippen molar-refractivity contribution in [3.8, 4) is 0 Å². The standard InChI is InChI=1S/C18H21F3N8O.C2HF3O2/c1-28-15(18(19,20)21)13(9-24-28)25-16(30)14-7-6-10-8-23-17(27-29(10)14)26-12-5-3-2-4-11(12)22;3-2(4,5)1(6)7/h6-9,11-12H,2-5,22H2,1H3,(H,25,30)(H,26,27);(H,6,7)/t11-,12+;/m0./s1. The van der Waals surface area contributed by atoms with Gasteiger partial charge in [-0.3, -0.25) is 9.48 Å². The highest BCUT2D eigenvalue weighted by Crippen LogP contribution is 2.34. The number of hydrogen-bond donors (Lipinski definition) is 4. The molecule has 3 heterocycles. The van der Waals surface area contributed by atoms with Gasteiger partial charge in [0.15, 0.2) is 5.69 Å². The number of hydrogen-bond acceptors (Lipinski definition) is 7. The average Bonchev–Trinajstić information content (AvgIpc) is 3.38. The van der Waals surface area contributed by atoms with Crippen LogP contribution in [0.15, 0.2) is 24.5 Å². The van der Waals surface area contributed by atoms with Gasteiger partial charge in [0, 0.05) is 19.1 Å². The molecular formula is C20H22F6N8O3. The van der Waals surface area contributed by atoms with Gasteiger partial charge in [-0.2, -0.15) is 31.4 Å². The van der Waals surface area contributed by atoms with Crippen LogP contribution in [0.2, 0.25) is 0 Å². The Labute approximate surface area is 204 Å². The molecule has 0 bridgehead atoms. The van der Waals surface area contributed by atoms with Gasteiger partial charge in [-0.15, -0.1) is 5.10 Å². The first kappa shape index (κ1) is 27.7. The molecule has 5 N–H and O–H groups in total. The molecular weight excluding hydrogens is 514 g/mol. The predicted octanol–water partition coefficient (Wildman–Crippen LogP) is 3.05. The van der Waals surface area contributed by atoms with Gasteiger partial charge in [0.25, 0.3) is 5.91 Å². The maximum atomic E-state index is 13.2. The van der Waals surface area contributed by atoms with E-state index >= 15 is 0 Å². The summed E-state index contributed by atoms with van der Waals surface area (Å²) in [7, 11) is 1.16. The Kier molecular flexibility index (Phi) is 7.94. The molecule has 0 aromatic carbocycles. The lowest BCUT2D eigenvalue weighted by Gasteiger charge is -2.29. The van der Waals surface area contributed by atoms with Crippen molar-refractivity contribution in [2.24, 2.45) is 12.8 Å². The van der Waals surface area contributed by atoms with Crippen molar-refractivity contribution in [3.05, 3.63) is 35.9 Å². The predicted molar refractivity (Wildman–Crippen MR) is 117 cm³/mol. The summed E-state index contributed by atoms with van der Waals surface area (Å²) in [6.45, 7) is 0. The van der Waals surface area contributed by atoms with Gasteiger partial charge >= 0.3 is 18.3 Å². The van der Waals surface area contributed by atoms with E-state index < -0.39 is 35.6 Å². The smallest absolute Gasteiger partial charge is 0.475 e. The van der Waals surface area contributed by atoms with Crippen LogP contribution < -0.4 is 16.4 Å². The number of nitrogens with one attached hydrogen (secondary N) is 2. The quantitative estimate of drug-likeness (QED) is 0.372. The minimum absolute atomic E-state index is 0.0168. The van der Waals surface area contributed by atoms with E-state index in [2.05, 4.69) is 25.8 Å². The average molecular weight is 536 g/mol. The summed E-state index contributed by atoms with van der Waals surface area (Å²) < 4.78 is 73.5. The Morgan fingerprint density at radius 1 is 1.11 bits per heavy atom. The van der Waals surface area contributed by atoms with Crippen molar-refractivity contribution >= 4 is 29.0 Å². The number of alkyl halides is 6. The fraction of sp³-hybridized carbons (Fsp3) is 0.450. The first-order chi connectivity index (χ1) is 17.2. The van der Waals surface area contributed by atoms with Crippen molar-refractivity contribution in [2.45, 2.75) is 50.1 Å². The number of fused-ring (bicyclic) bond motifs is 1. The summed E-state index contributed by atoms with van der Waals surface area (Å²) in [6, 6.07) is 3.09. The normalized spacial score (nSPS) is 18.2. The maximum Gasteiger partial charge on any atom is 0.490 e. The minimum atomic E-state index is -5.08. The second kappa shape index (κ2) is 10.6. The van der Waals surface area contributed by atoms with Crippen LogP contribution in [0.3, 0.4) is 0 Å². The fourth-order valence-electron chi connectivity index (χ4n) is 3.70. The summed E-state index contributed by atoms with van der Waals surface area (Å²) in [5.74, 6) is -3.20. The molecule has 1 aliphatic carbocycles. The number of carboxylic acid groups (broad SMARTS) is 1. The van der Waals surface area contributed by atoms with Crippen LogP contribution in [-0.2, 0) is 18.0 Å². The number of amides is 1. The van der Waals surface area contributed by atoms with Crippen molar-refractivity contribution in [1.29, 1.82) is 0 Å². The number of nitrogens with zero attached hydrogens (tertiary/aromatic N) is 5. The molecule has 2 atom stereocenters. The number of aromatic nitrogens is 5. The molecule has 37 heavy (non-hydrogen) atoms. The number of aliphatic carboxylic acids is 1. The third-order valence-corrected chi connectivity index (χ3v) is 5.46. The summed E-state index contributed by atoms with van der Waals surface area (Å²) in [4.78, 5) is 25.8. The number of aryl methyl sites for hydroxylation is 1. The van der Waals surface area contributed by atoms with E-state index in [1.54, 1.807) is 6.07 Å². The molecule has 3 aromatic heterocycles. The van der Waals surface area contributed by atoms with Gasteiger partial charge in [-0.25, -0.2) is 14.3 Å². The molecule has 0 spiro atoms. The molecule has 1 amide bonds. The van der Waals surface area contributed by atoms with E-state index in [9.17, 15) is 31.1 Å². The van der Waals surface area contributed by atoms with E-state index in [1.807, 2.05) is 0 Å². The third-order valence-electron chi connectivity index (χ3n) is 5.46. The van der Waals surface area contributed by atoms with Gasteiger partial charge in [-0.1, -0.05) is 12.8 Å². The summed E-state index contributed by atoms with van der Waals surface area (Å²) in [5.41, 5.74) is 5.28. The lowest BCUT2D eigenvalue weighted by molar-refractivity contribution is -0.192. The van der Waals surface area contributed by atoms with Crippen LogP contribution in [0.25, 0.3) is 5.52 Å². The molecule has 4 rings (SSSR count). The van der Waals surface area contributed by atoms with Crippen LogP contribution in [0.4, 0.5) is 38.0 Å². The van der Waals surface area contributed by atoms with E-state index in [0.29, 0.717) is 16.1 Å². The molecule has 0 unspecified atom stereocenters. The summed E-state index contributed by atoms with van der Waals surface area (Å²) >= 11 is 0. The zero-order chi connectivity index (χ0) is 27.5. The number of nitrogens with two attached hydrogens (primary N) is 1. The molecule has 1 aliphatic rings. The summed E-state index contributed by atoms with van der Waals surface area (Å²) in [6.07, 6.45) is -3.32. The lowest BCUT2D eigenvalue weighted by Crippen LogP contribution is -2.43. The number of carbonyl (C=O) groups is 2. The number of rotatable bonds is 4. The van der Waals surface area contributed by atoms with Crippen molar-refractivity contribution in [3.63, 3.8) is 0 Å². The van der Waals surface area contributed by atoms with Crippen molar-refractivity contribution in [2.75, 3.05) is 10.6 Å². The number of carboxylic acids is 1. The molecule has 3 aromatic rings. The first-order valence-electron chi connectivity index (χ1n) is 10.8. The molecule has 17 heteroatoms. The molecule has 202 valence electrons.